The number of nitrogen functional groups attached to an aromatic ring is 1. The number of imidazole rings is 1. The average Bonchev–Trinajstić information content (AvgIpc) is 3.43. The van der Waals surface area contributed by atoms with Gasteiger partial charge >= 0.3 is 0 Å². The lowest BCUT2D eigenvalue weighted by Gasteiger charge is -2.30. The lowest BCUT2D eigenvalue weighted by Crippen LogP contribution is -2.46. The van der Waals surface area contributed by atoms with E-state index in [2.05, 4.69) is 15.0 Å². The molecule has 1 saturated heterocycles. The first-order valence-electron chi connectivity index (χ1n) is 11.8. The summed E-state index contributed by atoms with van der Waals surface area (Å²) in [6.07, 6.45) is -2.58. The number of hydrogen-bond acceptors (Lipinski definition) is 8. The normalized spacial score (nSPS) is 22.8. The van der Waals surface area contributed by atoms with Gasteiger partial charge in [0.1, 0.15) is 12.2 Å². The molecule has 2 aromatic carbocycles. The summed E-state index contributed by atoms with van der Waals surface area (Å²) in [7, 11) is 1.17. The summed E-state index contributed by atoms with van der Waals surface area (Å²) in [6, 6.07) is 9.85. The predicted molar refractivity (Wildman–Crippen MR) is 148 cm³/mol. The number of aromatic nitrogens is 4. The number of nitrogens with two attached hydrogens (primary N) is 1. The number of anilines is 1. The van der Waals surface area contributed by atoms with Crippen LogP contribution in [0.2, 0.25) is 20.1 Å². The molecule has 3 heterocycles. The summed E-state index contributed by atoms with van der Waals surface area (Å²) < 4.78 is 41.4. The number of alkyl halides is 1. The third-order valence-corrected chi connectivity index (χ3v) is 7.54. The van der Waals surface area contributed by atoms with Crippen molar-refractivity contribution in [3.63, 3.8) is 0 Å². The Hall–Kier alpha value is -2.48. The van der Waals surface area contributed by atoms with E-state index in [-0.39, 0.29) is 36.9 Å². The minimum Gasteiger partial charge on any atom is -0.374 e. The van der Waals surface area contributed by atoms with Crippen molar-refractivity contribution in [3.8, 4) is 0 Å². The molecular formula is C25H22Cl4FN5O5. The maximum atomic E-state index is 16.8. The van der Waals surface area contributed by atoms with Crippen LogP contribution in [0, 0.1) is 0 Å². The van der Waals surface area contributed by atoms with Crippen molar-refractivity contribution in [1.29, 1.82) is 0 Å². The van der Waals surface area contributed by atoms with Gasteiger partial charge in [-0.15, -0.1) is 0 Å². The minimum atomic E-state index is -2.59. The molecule has 0 radical (unpaired) electrons. The molecule has 1 aliphatic rings. The molecule has 4 atom stereocenters. The number of methoxy groups -OCH3 is 1. The SMILES string of the molecule is CO[C@@]1(F)[C@H](OCc2ccc(Cl)cc2Cl)[C@@H](COCc2ccc(Cl)cc2Cl)O[C@H]1n1cnc2c(=O)[nH]c(N)nc21. The Balaban J connectivity index is 1.45. The Labute approximate surface area is 247 Å². The Kier molecular flexibility index (Phi) is 8.55. The van der Waals surface area contributed by atoms with E-state index < -0.39 is 29.8 Å². The number of ether oxygens (including phenoxy) is 4. The van der Waals surface area contributed by atoms with E-state index in [0.29, 0.717) is 31.2 Å². The number of benzene rings is 2. The lowest BCUT2D eigenvalue weighted by atomic mass is 10.1. The van der Waals surface area contributed by atoms with Gasteiger partial charge in [0, 0.05) is 27.2 Å². The molecular weight excluding hydrogens is 611 g/mol. The van der Waals surface area contributed by atoms with E-state index in [9.17, 15) is 4.79 Å². The van der Waals surface area contributed by atoms with Crippen LogP contribution in [0.4, 0.5) is 10.3 Å². The highest BCUT2D eigenvalue weighted by Crippen LogP contribution is 2.45. The standard InChI is InChI=1S/C25H22Cl4FN5O5/c1-37-25(30)20(39-9-13-3-5-15(27)7-17(13)29)18(10-38-8-12-2-4-14(26)6-16(12)28)40-23(25)35-11-32-19-21(35)33-24(31)34-22(19)36/h2-7,11,18,20,23H,8-10H2,1H3,(H3,31,33,34,36)/t18-,20-,23-,25+/m1/s1. The molecule has 40 heavy (non-hydrogen) atoms. The first-order chi connectivity index (χ1) is 19.1. The minimum absolute atomic E-state index is 0.000616. The number of nitrogens with zero attached hydrogens (tertiary/aromatic N) is 3. The van der Waals surface area contributed by atoms with Crippen LogP contribution in [0.1, 0.15) is 17.4 Å². The zero-order valence-corrected chi connectivity index (χ0v) is 23.8. The van der Waals surface area contributed by atoms with Gasteiger partial charge in [-0.1, -0.05) is 58.5 Å². The number of fused-ring (bicyclic) bond motifs is 1. The maximum Gasteiger partial charge on any atom is 0.283 e. The number of H-pyrrole nitrogens is 1. The summed E-state index contributed by atoms with van der Waals surface area (Å²) in [4.78, 5) is 22.8. The number of hydrogen-bond donors (Lipinski definition) is 2. The number of nitrogens with one attached hydrogen (secondary N) is 1. The van der Waals surface area contributed by atoms with Gasteiger partial charge in [-0.25, -0.2) is 9.37 Å². The highest BCUT2D eigenvalue weighted by atomic mass is 35.5. The van der Waals surface area contributed by atoms with Crippen LogP contribution in [-0.4, -0.2) is 51.3 Å². The highest BCUT2D eigenvalue weighted by Gasteiger charge is 2.61. The molecule has 0 aliphatic carbocycles. The second-order valence-electron chi connectivity index (χ2n) is 8.92. The van der Waals surface area contributed by atoms with Crippen LogP contribution in [-0.2, 0) is 32.2 Å². The van der Waals surface area contributed by atoms with Crippen LogP contribution >= 0.6 is 46.4 Å². The molecule has 3 N–H and O–H groups in total. The number of halogens is 5. The van der Waals surface area contributed by atoms with Gasteiger partial charge in [0.2, 0.25) is 5.95 Å². The van der Waals surface area contributed by atoms with Crippen LogP contribution in [0.15, 0.2) is 47.5 Å². The molecule has 0 amide bonds. The molecule has 0 saturated carbocycles. The fourth-order valence-electron chi connectivity index (χ4n) is 4.40. The molecule has 1 fully saturated rings. The summed E-state index contributed by atoms with van der Waals surface area (Å²) in [5, 5.41) is 1.68. The van der Waals surface area contributed by atoms with Crippen molar-refractivity contribution in [2.75, 3.05) is 19.5 Å². The first kappa shape index (κ1) is 29.0. The molecule has 5 rings (SSSR count). The van der Waals surface area contributed by atoms with Crippen LogP contribution in [0.3, 0.4) is 0 Å². The molecule has 10 nitrogen and oxygen atoms in total. The molecule has 2 aromatic heterocycles. The smallest absolute Gasteiger partial charge is 0.283 e. The second kappa shape index (κ2) is 11.8. The van der Waals surface area contributed by atoms with Gasteiger partial charge in [0.25, 0.3) is 11.4 Å². The van der Waals surface area contributed by atoms with E-state index in [1.54, 1.807) is 36.4 Å². The van der Waals surface area contributed by atoms with E-state index in [0.717, 1.165) is 0 Å². The second-order valence-corrected chi connectivity index (χ2v) is 10.6. The van der Waals surface area contributed by atoms with Gasteiger partial charge in [-0.2, -0.15) is 4.98 Å². The van der Waals surface area contributed by atoms with Gasteiger partial charge in [0.15, 0.2) is 17.4 Å². The molecule has 0 unspecified atom stereocenters. The van der Waals surface area contributed by atoms with Crippen molar-refractivity contribution in [3.05, 3.63) is 84.3 Å². The Morgan fingerprint density at radius 1 is 1.10 bits per heavy atom. The zero-order valence-electron chi connectivity index (χ0n) is 20.7. The Morgan fingerprint density at radius 2 is 1.75 bits per heavy atom. The number of rotatable bonds is 9. The van der Waals surface area contributed by atoms with E-state index in [1.807, 2.05) is 0 Å². The summed E-state index contributed by atoms with van der Waals surface area (Å²) in [5.74, 6) is -2.76. The molecule has 0 spiro atoms. The Morgan fingerprint density at radius 3 is 2.38 bits per heavy atom. The van der Waals surface area contributed by atoms with Gasteiger partial charge < -0.3 is 24.7 Å². The molecule has 0 bridgehead atoms. The van der Waals surface area contributed by atoms with Crippen molar-refractivity contribution in [2.45, 2.75) is 37.5 Å². The lowest BCUT2D eigenvalue weighted by molar-refractivity contribution is -0.226. The topological polar surface area (TPSA) is 127 Å². The fourth-order valence-corrected chi connectivity index (χ4v) is 5.33. The van der Waals surface area contributed by atoms with Gasteiger partial charge in [0.05, 0.1) is 26.1 Å². The van der Waals surface area contributed by atoms with Gasteiger partial charge in [-0.05, 0) is 35.4 Å². The summed E-state index contributed by atoms with van der Waals surface area (Å²) in [6.45, 7) is -0.128. The largest absolute Gasteiger partial charge is 0.374 e. The number of aromatic amines is 1. The highest BCUT2D eigenvalue weighted by molar-refractivity contribution is 6.35. The van der Waals surface area contributed by atoms with Gasteiger partial charge in [-0.3, -0.25) is 14.3 Å². The maximum absolute atomic E-state index is 16.8. The summed E-state index contributed by atoms with van der Waals surface area (Å²) in [5.41, 5.74) is 6.31. The van der Waals surface area contributed by atoms with Crippen LogP contribution in [0.5, 0.6) is 0 Å². The van der Waals surface area contributed by atoms with Crippen molar-refractivity contribution >= 4 is 63.5 Å². The van der Waals surface area contributed by atoms with Crippen LogP contribution < -0.4 is 11.3 Å². The third kappa shape index (κ3) is 5.65. The zero-order chi connectivity index (χ0) is 28.6. The van der Waals surface area contributed by atoms with Crippen molar-refractivity contribution < 1.29 is 23.3 Å². The third-order valence-electron chi connectivity index (χ3n) is 6.37. The van der Waals surface area contributed by atoms with Crippen molar-refractivity contribution in [1.82, 2.24) is 19.5 Å². The summed E-state index contributed by atoms with van der Waals surface area (Å²) >= 11 is 24.5. The Bertz CT molecular complexity index is 1600. The average molecular weight is 633 g/mol. The van der Waals surface area contributed by atoms with Crippen LogP contribution in [0.25, 0.3) is 11.2 Å². The van der Waals surface area contributed by atoms with E-state index >= 15 is 4.39 Å². The molecule has 4 aromatic rings. The quantitative estimate of drug-likeness (QED) is 0.254. The van der Waals surface area contributed by atoms with Crippen molar-refractivity contribution in [2.24, 2.45) is 0 Å². The monoisotopic (exact) mass is 631 g/mol. The molecule has 1 aliphatic heterocycles. The predicted octanol–water partition coefficient (Wildman–Crippen LogP) is 5.33. The fraction of sp³-hybridized carbons (Fsp3) is 0.320. The van der Waals surface area contributed by atoms with E-state index in [4.69, 9.17) is 71.1 Å². The molecule has 212 valence electrons. The molecule has 15 heteroatoms. The first-order valence-corrected chi connectivity index (χ1v) is 13.3. The van der Waals surface area contributed by atoms with E-state index in [1.165, 1.54) is 18.0 Å².